The number of rotatable bonds is 5. The Kier molecular flexibility index (Phi) is 31.6. The second-order valence-electron chi connectivity index (χ2n) is 13.8. The average molecular weight is 993 g/mol. The number of hydrogen-bond acceptors (Lipinski definition) is 7. The van der Waals surface area contributed by atoms with Gasteiger partial charge in [0.05, 0.1) is 0 Å². The smallest absolute Gasteiger partial charge is 0.0438 e. The summed E-state index contributed by atoms with van der Waals surface area (Å²) in [5, 5.41) is 13.9. The lowest BCUT2D eigenvalue weighted by Crippen LogP contribution is -1.91. The summed E-state index contributed by atoms with van der Waals surface area (Å²) in [5.74, 6) is 0.492. The van der Waals surface area contributed by atoms with E-state index >= 15 is 0 Å². The largest absolute Gasteiger partial charge is 0.333 e. The summed E-state index contributed by atoms with van der Waals surface area (Å²) in [6.45, 7) is 46.4. The van der Waals surface area contributed by atoms with Crippen molar-refractivity contribution in [3.8, 4) is 20.9 Å². The van der Waals surface area contributed by atoms with Crippen LogP contribution < -0.4 is 5.73 Å². The Morgan fingerprint density at radius 1 is 0.431 bits per heavy atom. The standard InChI is InChI=1S/C39H32S6.2C3H8.6C2H6.CH5N/c1-7-21-9-11-27(43-21)30-32-33(37-24(15-19(5)41-37)23-13-14-40-36(23)32)31(28-12-10-22(8-2)44-28)35-34(30)38-25(16-20(6)42-38)26-17-29(18(3)4)45-39(26)35;2*1-3-2;7*1-2/h9-18H,7-8H2,1-6H3;2*3H2,1-2H3;6*1-2H3;2H2,1H3. The molecule has 0 radical (unpaired) electrons. The highest BCUT2D eigenvalue weighted by atomic mass is 32.1. The van der Waals surface area contributed by atoms with E-state index in [9.17, 15) is 0 Å². The molecule has 0 atom stereocenters. The summed E-state index contributed by atoms with van der Waals surface area (Å²) in [6, 6.07) is 19.4. The molecule has 9 aromatic rings. The predicted octanol–water partition coefficient (Wildman–Crippen LogP) is 23.7. The lowest BCUT2D eigenvalue weighted by Gasteiger charge is -2.19. The number of benzene rings is 3. The molecule has 0 aliphatic carbocycles. The first kappa shape index (κ1) is 62.4. The normalized spacial score (nSPS) is 9.92. The van der Waals surface area contributed by atoms with Gasteiger partial charge in [0.15, 0.2) is 0 Å². The van der Waals surface area contributed by atoms with Crippen molar-refractivity contribution in [2.24, 2.45) is 5.73 Å². The van der Waals surface area contributed by atoms with Gasteiger partial charge in [-0.2, -0.15) is 0 Å². The highest BCUT2D eigenvalue weighted by Crippen LogP contribution is 2.58. The number of hydrogen-bond donors (Lipinski definition) is 1. The van der Waals surface area contributed by atoms with E-state index in [0.717, 1.165) is 12.8 Å². The van der Waals surface area contributed by atoms with E-state index in [0.29, 0.717) is 5.92 Å². The first-order chi connectivity index (χ1) is 31.7. The van der Waals surface area contributed by atoms with Crippen LogP contribution in [0.1, 0.15) is 182 Å². The van der Waals surface area contributed by atoms with Crippen LogP contribution in [0.5, 0.6) is 0 Å². The highest BCUT2D eigenvalue weighted by Gasteiger charge is 2.29. The third-order valence-electron chi connectivity index (χ3n) is 9.20. The van der Waals surface area contributed by atoms with Gasteiger partial charge in [-0.3, -0.25) is 0 Å². The molecule has 0 saturated carbocycles. The van der Waals surface area contributed by atoms with Gasteiger partial charge < -0.3 is 5.73 Å². The fourth-order valence-corrected chi connectivity index (χ4v) is 13.5. The third-order valence-corrected chi connectivity index (χ3v) is 16.2. The lowest BCUT2D eigenvalue weighted by atomic mass is 9.87. The number of fused-ring (bicyclic) bond motifs is 12. The van der Waals surface area contributed by atoms with Gasteiger partial charge in [-0.25, -0.2) is 0 Å². The van der Waals surface area contributed by atoms with Crippen LogP contribution in [0, 0.1) is 13.8 Å². The van der Waals surface area contributed by atoms with Crippen LogP contribution in [0.4, 0.5) is 0 Å². The molecule has 6 aromatic heterocycles. The van der Waals surface area contributed by atoms with Crippen LogP contribution in [0.3, 0.4) is 0 Å². The van der Waals surface area contributed by atoms with Crippen LogP contribution in [0.2, 0.25) is 0 Å². The van der Waals surface area contributed by atoms with Crippen molar-refractivity contribution in [1.29, 1.82) is 0 Å². The van der Waals surface area contributed by atoms with E-state index < -0.39 is 0 Å². The molecule has 0 fully saturated rings. The van der Waals surface area contributed by atoms with E-state index in [2.05, 4.69) is 129 Å². The summed E-state index contributed by atoms with van der Waals surface area (Å²) in [6.07, 6.45) is 4.63. The second-order valence-corrected chi connectivity index (χ2v) is 20.7. The minimum atomic E-state index is 0.492. The molecule has 0 unspecified atom stereocenters. The summed E-state index contributed by atoms with van der Waals surface area (Å²) < 4.78 is 5.79. The van der Waals surface area contributed by atoms with E-state index in [1.165, 1.54) is 127 Å². The van der Waals surface area contributed by atoms with Crippen LogP contribution in [-0.4, -0.2) is 7.05 Å². The number of nitrogens with two attached hydrogens (primary N) is 1. The Labute approximate surface area is 422 Å². The van der Waals surface area contributed by atoms with Crippen LogP contribution in [-0.2, 0) is 12.8 Å². The Morgan fingerprint density at radius 2 is 0.769 bits per heavy atom. The van der Waals surface area contributed by atoms with Crippen molar-refractivity contribution in [3.63, 3.8) is 0 Å². The molecule has 2 N–H and O–H groups in total. The van der Waals surface area contributed by atoms with Crippen molar-refractivity contribution in [2.45, 2.75) is 184 Å². The zero-order chi connectivity index (χ0) is 50.1. The summed E-state index contributed by atoms with van der Waals surface area (Å²) in [5.41, 5.74) is 7.41. The summed E-state index contributed by atoms with van der Waals surface area (Å²) in [7, 11) is 1.50. The molecule has 3 aromatic carbocycles. The first-order valence-electron chi connectivity index (χ1n) is 25.1. The summed E-state index contributed by atoms with van der Waals surface area (Å²) >= 11 is 11.9. The molecule has 9 rings (SSSR count). The number of thiophene rings is 6. The predicted molar refractivity (Wildman–Crippen MR) is 322 cm³/mol. The van der Waals surface area contributed by atoms with E-state index in [4.69, 9.17) is 0 Å². The molecule has 362 valence electrons. The Hall–Kier alpha value is -2.62. The van der Waals surface area contributed by atoms with Gasteiger partial charge in [0.1, 0.15) is 0 Å². The van der Waals surface area contributed by atoms with Gasteiger partial charge in [-0.1, -0.05) is 151 Å². The Balaban J connectivity index is 0.00000181. The molecule has 65 heavy (non-hydrogen) atoms. The van der Waals surface area contributed by atoms with Gasteiger partial charge in [-0.15, -0.1) is 68.0 Å². The van der Waals surface area contributed by atoms with Gasteiger partial charge in [0.25, 0.3) is 0 Å². The van der Waals surface area contributed by atoms with Crippen molar-refractivity contribution < 1.29 is 0 Å². The van der Waals surface area contributed by atoms with Crippen molar-refractivity contribution in [2.75, 3.05) is 7.05 Å². The molecule has 0 bridgehead atoms. The molecular formula is C58H89NS6. The van der Waals surface area contributed by atoms with Crippen LogP contribution in [0.15, 0.2) is 53.9 Å². The fraction of sp³-hybridized carbons (Fsp3) is 0.483. The zero-order valence-electron chi connectivity index (χ0n) is 45.1. The SMILES string of the molecule is CC.CC.CC.CC.CC.CC.CCC.CCC.CCc1ccc(-c2c3c4sccc4c4cc(C)sc4c3c(-c3ccc(CC)s3)c3c4sc(C(C)C)cc4c4cc(C)sc4c23)s1.CN. The van der Waals surface area contributed by atoms with E-state index in [-0.39, 0.29) is 0 Å². The lowest BCUT2D eigenvalue weighted by molar-refractivity contribution is 0.890. The van der Waals surface area contributed by atoms with Crippen molar-refractivity contribution in [1.82, 2.24) is 0 Å². The Bertz CT molecular complexity index is 2660. The highest BCUT2D eigenvalue weighted by molar-refractivity contribution is 7.24. The minimum absolute atomic E-state index is 0.492. The first-order valence-corrected chi connectivity index (χ1v) is 30.1. The molecule has 0 amide bonds. The molecule has 0 aliphatic rings. The number of aryl methyl sites for hydroxylation is 4. The molecule has 0 saturated heterocycles. The van der Waals surface area contributed by atoms with Gasteiger partial charge in [0, 0.05) is 107 Å². The third kappa shape index (κ3) is 13.8. The molecule has 7 heteroatoms. The maximum atomic E-state index is 4.50. The molecular weight excluding hydrogens is 903 g/mol. The van der Waals surface area contributed by atoms with Gasteiger partial charge >= 0.3 is 0 Å². The van der Waals surface area contributed by atoms with Gasteiger partial charge in [-0.05, 0) is 93.6 Å². The monoisotopic (exact) mass is 992 g/mol. The summed E-state index contributed by atoms with van der Waals surface area (Å²) in [4.78, 5) is 9.97. The molecule has 1 nitrogen and oxygen atoms in total. The second kappa shape index (κ2) is 33.0. The quantitative estimate of drug-likeness (QED) is 0.171. The topological polar surface area (TPSA) is 26.0 Å². The van der Waals surface area contributed by atoms with Gasteiger partial charge in [0.2, 0.25) is 0 Å². The average Bonchev–Trinajstić information content (AvgIpc) is 4.22. The fourth-order valence-electron chi connectivity index (χ4n) is 7.15. The van der Waals surface area contributed by atoms with Crippen LogP contribution >= 0.6 is 68.0 Å². The van der Waals surface area contributed by atoms with Crippen molar-refractivity contribution >= 4 is 130 Å². The maximum Gasteiger partial charge on any atom is 0.0438 e. The zero-order valence-corrected chi connectivity index (χ0v) is 50.0. The molecule has 6 heterocycles. The maximum absolute atomic E-state index is 4.50. The Morgan fingerprint density at radius 3 is 1.12 bits per heavy atom. The van der Waals surface area contributed by atoms with E-state index in [1.807, 2.05) is 151 Å². The van der Waals surface area contributed by atoms with E-state index in [1.54, 1.807) is 0 Å². The van der Waals surface area contributed by atoms with Crippen molar-refractivity contribution in [3.05, 3.63) is 78.3 Å². The van der Waals surface area contributed by atoms with Crippen LogP contribution in [0.25, 0.3) is 82.8 Å². The molecule has 0 spiro atoms. The minimum Gasteiger partial charge on any atom is -0.333 e. The molecule has 0 aliphatic heterocycles.